The number of rotatable bonds is 5. The lowest BCUT2D eigenvalue weighted by Gasteiger charge is -2.23. The normalized spacial score (nSPS) is 12.5. The van der Waals surface area contributed by atoms with Crippen molar-refractivity contribution in [1.29, 1.82) is 0 Å². The number of nitrogens with zero attached hydrogens (tertiary/aromatic N) is 1. The Morgan fingerprint density at radius 1 is 1.17 bits per heavy atom. The molecule has 3 aromatic rings. The van der Waals surface area contributed by atoms with E-state index in [-0.39, 0.29) is 11.9 Å². The third-order valence-electron chi connectivity index (χ3n) is 4.42. The third kappa shape index (κ3) is 3.66. The molecule has 1 atom stereocenters. The Balaban J connectivity index is 1.67. The number of carbonyl (C=O) groups is 1. The van der Waals surface area contributed by atoms with Crippen molar-refractivity contribution in [2.45, 2.75) is 26.4 Å². The fourth-order valence-corrected chi connectivity index (χ4v) is 3.61. The van der Waals surface area contributed by atoms with Gasteiger partial charge in [-0.1, -0.05) is 30.3 Å². The number of benzene rings is 2. The van der Waals surface area contributed by atoms with Crippen LogP contribution < -0.4 is 5.32 Å². The molecule has 0 aliphatic carbocycles. The number of fused-ring (bicyclic) bond motifs is 1. The van der Waals surface area contributed by atoms with Gasteiger partial charge in [-0.3, -0.25) is 9.69 Å². The number of thiophene rings is 1. The highest BCUT2D eigenvalue weighted by molar-refractivity contribution is 7.10. The van der Waals surface area contributed by atoms with E-state index in [9.17, 15) is 4.79 Å². The van der Waals surface area contributed by atoms with Crippen LogP contribution in [0.1, 0.15) is 17.4 Å². The largest absolute Gasteiger partial charge is 0.325 e. The first kappa shape index (κ1) is 16.7. The molecule has 4 heteroatoms. The summed E-state index contributed by atoms with van der Waals surface area (Å²) in [6.07, 6.45) is 0. The lowest BCUT2D eigenvalue weighted by molar-refractivity contribution is -0.120. The summed E-state index contributed by atoms with van der Waals surface area (Å²) in [6.45, 7) is 4.84. The van der Waals surface area contributed by atoms with Gasteiger partial charge in [-0.2, -0.15) is 0 Å². The van der Waals surface area contributed by atoms with E-state index in [0.29, 0.717) is 0 Å². The van der Waals surface area contributed by atoms with Crippen molar-refractivity contribution >= 4 is 33.7 Å². The van der Waals surface area contributed by atoms with Gasteiger partial charge in [0.2, 0.25) is 5.91 Å². The molecule has 0 saturated carbocycles. The molecule has 1 heterocycles. The maximum atomic E-state index is 12.6. The molecule has 3 rings (SSSR count). The number of likely N-dealkylation sites (N-methyl/N-ethyl adjacent to an activating group) is 1. The average Bonchev–Trinajstić information content (AvgIpc) is 2.98. The zero-order valence-electron chi connectivity index (χ0n) is 14.2. The number of hydrogen-bond donors (Lipinski definition) is 1. The van der Waals surface area contributed by atoms with Crippen LogP contribution in [0.4, 0.5) is 5.69 Å². The quantitative estimate of drug-likeness (QED) is 0.733. The standard InChI is InChI=1S/C20H22N2OS/c1-14-10-11-24-19(14)13-22(3)15(2)20(23)21-18-9-8-16-6-4-5-7-17(16)12-18/h4-12,15H,13H2,1-3H3,(H,21,23)/t15-/m0/s1. The molecule has 0 unspecified atom stereocenters. The molecule has 1 amide bonds. The summed E-state index contributed by atoms with van der Waals surface area (Å²) in [5.41, 5.74) is 2.13. The molecule has 2 aromatic carbocycles. The predicted molar refractivity (Wildman–Crippen MR) is 103 cm³/mol. The molecule has 0 aliphatic rings. The van der Waals surface area contributed by atoms with Gasteiger partial charge in [0.05, 0.1) is 6.04 Å². The van der Waals surface area contributed by atoms with Crippen molar-refractivity contribution < 1.29 is 4.79 Å². The van der Waals surface area contributed by atoms with Crippen molar-refractivity contribution in [3.63, 3.8) is 0 Å². The van der Waals surface area contributed by atoms with Gasteiger partial charge < -0.3 is 5.32 Å². The Morgan fingerprint density at radius 2 is 1.92 bits per heavy atom. The first-order valence-corrected chi connectivity index (χ1v) is 8.95. The van der Waals surface area contributed by atoms with Gasteiger partial charge in [-0.15, -0.1) is 11.3 Å². The van der Waals surface area contributed by atoms with Crippen LogP contribution in [0.5, 0.6) is 0 Å². The molecule has 0 bridgehead atoms. The summed E-state index contributed by atoms with van der Waals surface area (Å²) in [6, 6.07) is 16.1. The first-order chi connectivity index (χ1) is 11.5. The van der Waals surface area contributed by atoms with Crippen LogP contribution >= 0.6 is 11.3 Å². The molecule has 3 nitrogen and oxygen atoms in total. The van der Waals surface area contributed by atoms with E-state index in [1.54, 1.807) is 11.3 Å². The van der Waals surface area contributed by atoms with Crippen LogP contribution in [0.15, 0.2) is 53.9 Å². The molecule has 0 spiro atoms. The van der Waals surface area contributed by atoms with Crippen molar-refractivity contribution in [1.82, 2.24) is 4.90 Å². The summed E-state index contributed by atoms with van der Waals surface area (Å²) in [5.74, 6) is 0.0157. The van der Waals surface area contributed by atoms with Gasteiger partial charge in [-0.05, 0) is 60.8 Å². The fraction of sp³-hybridized carbons (Fsp3) is 0.250. The van der Waals surface area contributed by atoms with Gasteiger partial charge in [0.1, 0.15) is 0 Å². The summed E-state index contributed by atoms with van der Waals surface area (Å²) < 4.78 is 0. The van der Waals surface area contributed by atoms with Crippen LogP contribution in [0.3, 0.4) is 0 Å². The molecule has 1 aromatic heterocycles. The average molecular weight is 338 g/mol. The Bertz CT molecular complexity index is 855. The maximum absolute atomic E-state index is 12.6. The van der Waals surface area contributed by atoms with Gasteiger partial charge in [-0.25, -0.2) is 0 Å². The number of hydrogen-bond acceptors (Lipinski definition) is 3. The molecular formula is C20H22N2OS. The van der Waals surface area contributed by atoms with Crippen molar-refractivity contribution in [3.05, 3.63) is 64.4 Å². The van der Waals surface area contributed by atoms with Crippen LogP contribution in [0.2, 0.25) is 0 Å². The second kappa shape index (κ2) is 7.16. The van der Waals surface area contributed by atoms with E-state index < -0.39 is 0 Å². The molecule has 0 radical (unpaired) electrons. The Labute approximate surface area is 146 Å². The van der Waals surface area contributed by atoms with E-state index in [1.807, 2.05) is 44.3 Å². The van der Waals surface area contributed by atoms with Crippen LogP contribution in [0.25, 0.3) is 10.8 Å². The van der Waals surface area contributed by atoms with E-state index in [0.717, 1.165) is 17.6 Å². The highest BCUT2D eigenvalue weighted by Gasteiger charge is 2.19. The molecule has 0 saturated heterocycles. The molecule has 0 aliphatic heterocycles. The molecular weight excluding hydrogens is 316 g/mol. The second-order valence-corrected chi connectivity index (χ2v) is 7.17. The smallest absolute Gasteiger partial charge is 0.241 e. The highest BCUT2D eigenvalue weighted by Crippen LogP contribution is 2.20. The number of amides is 1. The second-order valence-electron chi connectivity index (χ2n) is 6.17. The Hall–Kier alpha value is -2.17. The monoisotopic (exact) mass is 338 g/mol. The van der Waals surface area contributed by atoms with Gasteiger partial charge in [0, 0.05) is 17.1 Å². The van der Waals surface area contributed by atoms with E-state index >= 15 is 0 Å². The zero-order chi connectivity index (χ0) is 17.1. The molecule has 124 valence electrons. The Kier molecular flexibility index (Phi) is 4.97. The minimum atomic E-state index is -0.196. The van der Waals surface area contributed by atoms with E-state index in [4.69, 9.17) is 0 Å². The van der Waals surface area contributed by atoms with Crippen molar-refractivity contribution in [2.24, 2.45) is 0 Å². The predicted octanol–water partition coefficient (Wildman–Crippen LogP) is 4.67. The van der Waals surface area contributed by atoms with Gasteiger partial charge in [0.25, 0.3) is 0 Å². The number of nitrogens with one attached hydrogen (secondary N) is 1. The van der Waals surface area contributed by atoms with E-state index in [1.165, 1.54) is 15.8 Å². The lowest BCUT2D eigenvalue weighted by atomic mass is 10.1. The summed E-state index contributed by atoms with van der Waals surface area (Å²) in [5, 5.41) is 7.43. The first-order valence-electron chi connectivity index (χ1n) is 8.07. The third-order valence-corrected chi connectivity index (χ3v) is 5.43. The summed E-state index contributed by atoms with van der Waals surface area (Å²) in [7, 11) is 1.99. The molecule has 24 heavy (non-hydrogen) atoms. The summed E-state index contributed by atoms with van der Waals surface area (Å²) >= 11 is 1.74. The summed E-state index contributed by atoms with van der Waals surface area (Å²) in [4.78, 5) is 15.9. The number of anilines is 1. The van der Waals surface area contributed by atoms with E-state index in [2.05, 4.69) is 40.7 Å². The zero-order valence-corrected chi connectivity index (χ0v) is 15.1. The van der Waals surface area contributed by atoms with Crippen molar-refractivity contribution in [2.75, 3.05) is 12.4 Å². The van der Waals surface area contributed by atoms with Gasteiger partial charge in [0.15, 0.2) is 0 Å². The maximum Gasteiger partial charge on any atom is 0.241 e. The minimum Gasteiger partial charge on any atom is -0.325 e. The Morgan fingerprint density at radius 3 is 2.62 bits per heavy atom. The highest BCUT2D eigenvalue weighted by atomic mass is 32.1. The number of aryl methyl sites for hydroxylation is 1. The molecule has 0 fully saturated rings. The number of carbonyl (C=O) groups excluding carboxylic acids is 1. The minimum absolute atomic E-state index is 0.0157. The van der Waals surface area contributed by atoms with Crippen LogP contribution in [-0.4, -0.2) is 23.9 Å². The van der Waals surface area contributed by atoms with Crippen LogP contribution in [-0.2, 0) is 11.3 Å². The fourth-order valence-electron chi connectivity index (χ4n) is 2.64. The van der Waals surface area contributed by atoms with Crippen molar-refractivity contribution in [3.8, 4) is 0 Å². The van der Waals surface area contributed by atoms with Gasteiger partial charge >= 0.3 is 0 Å². The lowest BCUT2D eigenvalue weighted by Crippen LogP contribution is -2.39. The van der Waals surface area contributed by atoms with Crippen LogP contribution in [0, 0.1) is 6.92 Å². The topological polar surface area (TPSA) is 32.3 Å². The molecule has 1 N–H and O–H groups in total. The SMILES string of the molecule is Cc1ccsc1CN(C)[C@@H](C)C(=O)Nc1ccc2ccccc2c1.